The van der Waals surface area contributed by atoms with Crippen molar-refractivity contribution in [3.63, 3.8) is 0 Å². The first kappa shape index (κ1) is 10.8. The Hall–Kier alpha value is -2.35. The summed E-state index contributed by atoms with van der Waals surface area (Å²) in [4.78, 5) is 11.9. The van der Waals surface area contributed by atoms with E-state index < -0.39 is 0 Å². The molecule has 1 aliphatic rings. The number of fused-ring (bicyclic) bond motifs is 1. The summed E-state index contributed by atoms with van der Waals surface area (Å²) in [5.74, 6) is -0.252. The minimum atomic E-state index is -0.252. The van der Waals surface area contributed by atoms with Gasteiger partial charge >= 0.3 is 5.97 Å². The van der Waals surface area contributed by atoms with Crippen LogP contribution in [0.3, 0.4) is 0 Å². The van der Waals surface area contributed by atoms with E-state index >= 15 is 0 Å². The molecule has 3 rings (SSSR count). The summed E-state index contributed by atoms with van der Waals surface area (Å²) in [7, 11) is 0. The van der Waals surface area contributed by atoms with Crippen LogP contribution in [0.5, 0.6) is 0 Å². The van der Waals surface area contributed by atoms with Gasteiger partial charge in [0.2, 0.25) is 0 Å². The molecular formula is C16H12O2. The third-order valence-electron chi connectivity index (χ3n) is 3.00. The van der Waals surface area contributed by atoms with Crippen molar-refractivity contribution in [3.8, 4) is 0 Å². The molecule has 18 heavy (non-hydrogen) atoms. The van der Waals surface area contributed by atoms with E-state index in [-0.39, 0.29) is 5.97 Å². The maximum atomic E-state index is 11.9. The minimum Gasteiger partial charge on any atom is -0.457 e. The van der Waals surface area contributed by atoms with Crippen molar-refractivity contribution in [2.75, 3.05) is 0 Å². The molecule has 0 atom stereocenters. The molecule has 0 radical (unpaired) electrons. The molecular weight excluding hydrogens is 224 g/mol. The number of benzene rings is 2. The molecule has 1 heterocycles. The summed E-state index contributed by atoms with van der Waals surface area (Å²) >= 11 is 0. The first-order chi connectivity index (χ1) is 8.84. The van der Waals surface area contributed by atoms with E-state index in [4.69, 9.17) is 4.74 Å². The number of carbonyl (C=O) groups is 1. The molecule has 2 nitrogen and oxygen atoms in total. The molecule has 0 N–H and O–H groups in total. The lowest BCUT2D eigenvalue weighted by Gasteiger charge is -2.18. The number of rotatable bonds is 1. The van der Waals surface area contributed by atoms with E-state index in [2.05, 4.69) is 0 Å². The molecule has 0 saturated carbocycles. The maximum Gasteiger partial charge on any atom is 0.339 e. The van der Waals surface area contributed by atoms with Gasteiger partial charge in [-0.3, -0.25) is 0 Å². The first-order valence-electron chi connectivity index (χ1n) is 5.87. The largest absolute Gasteiger partial charge is 0.457 e. The fourth-order valence-corrected chi connectivity index (χ4v) is 2.09. The predicted molar refractivity (Wildman–Crippen MR) is 70.6 cm³/mol. The SMILES string of the molecule is O=C1OCc2ccccc2/C1=C\c1ccccc1. The van der Waals surface area contributed by atoms with Gasteiger partial charge in [0.25, 0.3) is 0 Å². The van der Waals surface area contributed by atoms with E-state index in [0.29, 0.717) is 12.2 Å². The second kappa shape index (κ2) is 4.49. The van der Waals surface area contributed by atoms with E-state index in [1.54, 1.807) is 0 Å². The van der Waals surface area contributed by atoms with E-state index in [0.717, 1.165) is 16.7 Å². The topological polar surface area (TPSA) is 26.3 Å². The van der Waals surface area contributed by atoms with Crippen molar-refractivity contribution in [2.24, 2.45) is 0 Å². The lowest BCUT2D eigenvalue weighted by Crippen LogP contribution is -2.15. The molecule has 0 aliphatic carbocycles. The van der Waals surface area contributed by atoms with Gasteiger partial charge in [-0.25, -0.2) is 4.79 Å². The lowest BCUT2D eigenvalue weighted by atomic mass is 9.96. The molecule has 0 fully saturated rings. The summed E-state index contributed by atoms with van der Waals surface area (Å²) in [5.41, 5.74) is 3.65. The van der Waals surface area contributed by atoms with Gasteiger partial charge in [-0.15, -0.1) is 0 Å². The van der Waals surface area contributed by atoms with E-state index in [1.807, 2.05) is 60.7 Å². The molecule has 88 valence electrons. The average molecular weight is 236 g/mol. The van der Waals surface area contributed by atoms with Crippen LogP contribution >= 0.6 is 0 Å². The van der Waals surface area contributed by atoms with Crippen LogP contribution in [-0.2, 0) is 16.1 Å². The Balaban J connectivity index is 2.11. The minimum absolute atomic E-state index is 0.252. The fraction of sp³-hybridized carbons (Fsp3) is 0.0625. The number of cyclic esters (lactones) is 1. The Morgan fingerprint density at radius 2 is 1.67 bits per heavy atom. The van der Waals surface area contributed by atoms with Gasteiger partial charge in [0.05, 0.1) is 5.57 Å². The Morgan fingerprint density at radius 3 is 2.50 bits per heavy atom. The van der Waals surface area contributed by atoms with Crippen LogP contribution in [0.1, 0.15) is 16.7 Å². The van der Waals surface area contributed by atoms with Crippen LogP contribution in [0.2, 0.25) is 0 Å². The van der Waals surface area contributed by atoms with Gasteiger partial charge in [-0.05, 0) is 22.8 Å². The van der Waals surface area contributed by atoms with Gasteiger partial charge in [0.15, 0.2) is 0 Å². The van der Waals surface area contributed by atoms with Gasteiger partial charge < -0.3 is 4.74 Å². The number of carbonyl (C=O) groups excluding carboxylic acids is 1. The summed E-state index contributed by atoms with van der Waals surface area (Å²) in [6.45, 7) is 0.362. The van der Waals surface area contributed by atoms with Crippen LogP contribution in [0, 0.1) is 0 Å². The highest BCUT2D eigenvalue weighted by Crippen LogP contribution is 2.28. The smallest absolute Gasteiger partial charge is 0.339 e. The molecule has 2 aromatic rings. The third kappa shape index (κ3) is 1.93. The zero-order valence-corrected chi connectivity index (χ0v) is 9.80. The second-order valence-corrected chi connectivity index (χ2v) is 4.20. The first-order valence-corrected chi connectivity index (χ1v) is 5.87. The number of ether oxygens (including phenoxy) is 1. The monoisotopic (exact) mass is 236 g/mol. The Morgan fingerprint density at radius 1 is 0.944 bits per heavy atom. The van der Waals surface area contributed by atoms with Crippen molar-refractivity contribution in [1.82, 2.24) is 0 Å². The van der Waals surface area contributed by atoms with Crippen molar-refractivity contribution < 1.29 is 9.53 Å². The van der Waals surface area contributed by atoms with E-state index in [9.17, 15) is 4.79 Å². The van der Waals surface area contributed by atoms with Crippen LogP contribution in [-0.4, -0.2) is 5.97 Å². The van der Waals surface area contributed by atoms with Gasteiger partial charge in [0.1, 0.15) is 6.61 Å². The normalized spacial score (nSPS) is 16.2. The van der Waals surface area contributed by atoms with Crippen molar-refractivity contribution in [1.29, 1.82) is 0 Å². The Kier molecular flexibility index (Phi) is 2.69. The predicted octanol–water partition coefficient (Wildman–Crippen LogP) is 3.28. The lowest BCUT2D eigenvalue weighted by molar-refractivity contribution is -0.138. The summed E-state index contributed by atoms with van der Waals surface area (Å²) < 4.78 is 5.18. The van der Waals surface area contributed by atoms with Crippen LogP contribution in [0.25, 0.3) is 11.6 Å². The summed E-state index contributed by atoms with van der Waals surface area (Å²) in [5, 5.41) is 0. The highest BCUT2D eigenvalue weighted by molar-refractivity contribution is 6.22. The molecule has 0 amide bonds. The number of hydrogen-bond acceptors (Lipinski definition) is 2. The van der Waals surface area contributed by atoms with Gasteiger partial charge in [-0.2, -0.15) is 0 Å². The zero-order valence-electron chi connectivity index (χ0n) is 9.80. The number of esters is 1. The molecule has 2 heteroatoms. The van der Waals surface area contributed by atoms with Crippen LogP contribution < -0.4 is 0 Å². The molecule has 2 aromatic carbocycles. The number of hydrogen-bond donors (Lipinski definition) is 0. The quantitative estimate of drug-likeness (QED) is 0.561. The summed E-state index contributed by atoms with van der Waals surface area (Å²) in [6, 6.07) is 17.6. The second-order valence-electron chi connectivity index (χ2n) is 4.20. The molecule has 0 bridgehead atoms. The molecule has 0 saturated heterocycles. The highest BCUT2D eigenvalue weighted by atomic mass is 16.5. The van der Waals surface area contributed by atoms with Crippen LogP contribution in [0.4, 0.5) is 0 Å². The van der Waals surface area contributed by atoms with Gasteiger partial charge in [-0.1, -0.05) is 54.6 Å². The Bertz CT molecular complexity index is 612. The Labute approximate surface area is 106 Å². The molecule has 1 aliphatic heterocycles. The standard InChI is InChI=1S/C16H12O2/c17-16-15(10-12-6-2-1-3-7-12)14-9-5-4-8-13(14)11-18-16/h1-10H,11H2/b15-10+. The average Bonchev–Trinajstić information content (AvgIpc) is 2.43. The zero-order chi connectivity index (χ0) is 12.4. The maximum absolute atomic E-state index is 11.9. The molecule has 0 spiro atoms. The molecule has 0 unspecified atom stereocenters. The van der Waals surface area contributed by atoms with Gasteiger partial charge in [0, 0.05) is 0 Å². The van der Waals surface area contributed by atoms with Crippen molar-refractivity contribution in [3.05, 3.63) is 71.3 Å². The van der Waals surface area contributed by atoms with Crippen molar-refractivity contribution in [2.45, 2.75) is 6.61 Å². The third-order valence-corrected chi connectivity index (χ3v) is 3.00. The molecule has 0 aromatic heterocycles. The highest BCUT2D eigenvalue weighted by Gasteiger charge is 2.22. The van der Waals surface area contributed by atoms with E-state index in [1.165, 1.54) is 0 Å². The van der Waals surface area contributed by atoms with Crippen LogP contribution in [0.15, 0.2) is 54.6 Å². The van der Waals surface area contributed by atoms with Crippen molar-refractivity contribution >= 4 is 17.6 Å². The fourth-order valence-electron chi connectivity index (χ4n) is 2.09. The summed E-state index contributed by atoms with van der Waals surface area (Å²) in [6.07, 6.45) is 1.88.